The molecule has 0 amide bonds. The molecule has 2 aromatic rings. The van der Waals surface area contributed by atoms with Gasteiger partial charge in [0.15, 0.2) is 11.5 Å². The van der Waals surface area contributed by atoms with Crippen LogP contribution in [-0.4, -0.2) is 20.4 Å². The minimum atomic E-state index is 0.658. The molecule has 21 heavy (non-hydrogen) atoms. The molecule has 0 aliphatic heterocycles. The van der Waals surface area contributed by atoms with Crippen LogP contribution in [0.5, 0.6) is 11.5 Å². The van der Waals surface area contributed by atoms with Crippen LogP contribution >= 0.6 is 31.9 Å². The number of ether oxygens (including phenoxy) is 2. The zero-order valence-electron chi connectivity index (χ0n) is 11.6. The summed E-state index contributed by atoms with van der Waals surface area (Å²) in [4.78, 5) is 0. The van der Waals surface area contributed by atoms with Crippen LogP contribution in [0.1, 0.15) is 5.56 Å². The van der Waals surface area contributed by atoms with Gasteiger partial charge in [0, 0.05) is 14.5 Å². The van der Waals surface area contributed by atoms with Crippen LogP contribution in [0.25, 0.3) is 0 Å². The second-order valence-electron chi connectivity index (χ2n) is 4.11. The molecule has 0 bridgehead atoms. The summed E-state index contributed by atoms with van der Waals surface area (Å²) in [7, 11) is 3.21. The first kappa shape index (κ1) is 15.9. The maximum Gasteiger partial charge on any atom is 0.161 e. The second kappa shape index (κ2) is 7.47. The van der Waals surface area contributed by atoms with E-state index in [1.807, 2.05) is 36.4 Å². The lowest BCUT2D eigenvalue weighted by Gasteiger charge is -2.09. The summed E-state index contributed by atoms with van der Waals surface area (Å²) >= 11 is 6.88. The third-order valence-electron chi connectivity index (χ3n) is 2.74. The van der Waals surface area contributed by atoms with Crippen molar-refractivity contribution in [2.75, 3.05) is 19.6 Å². The summed E-state index contributed by atoms with van der Waals surface area (Å²) in [5.41, 5.74) is 4.76. The molecule has 0 saturated heterocycles. The van der Waals surface area contributed by atoms with Gasteiger partial charge in [-0.3, -0.25) is 5.43 Å². The molecule has 6 heteroatoms. The van der Waals surface area contributed by atoms with Gasteiger partial charge in [-0.25, -0.2) is 0 Å². The van der Waals surface area contributed by atoms with Crippen molar-refractivity contribution in [2.24, 2.45) is 5.10 Å². The van der Waals surface area contributed by atoms with Crippen molar-refractivity contribution in [3.8, 4) is 11.5 Å². The predicted molar refractivity (Wildman–Crippen MR) is 92.6 cm³/mol. The lowest BCUT2D eigenvalue weighted by Crippen LogP contribution is -1.95. The molecule has 0 fully saturated rings. The van der Waals surface area contributed by atoms with Crippen molar-refractivity contribution in [1.82, 2.24) is 0 Å². The van der Waals surface area contributed by atoms with E-state index in [1.165, 1.54) is 0 Å². The van der Waals surface area contributed by atoms with Crippen molar-refractivity contribution in [2.45, 2.75) is 0 Å². The first-order valence-electron chi connectivity index (χ1n) is 6.10. The number of rotatable bonds is 5. The van der Waals surface area contributed by atoms with E-state index in [0.29, 0.717) is 11.5 Å². The zero-order chi connectivity index (χ0) is 15.2. The Bertz CT molecular complexity index is 643. The zero-order valence-corrected chi connectivity index (χ0v) is 14.7. The highest BCUT2D eigenvalue weighted by Gasteiger charge is 2.07. The van der Waals surface area contributed by atoms with Gasteiger partial charge in [-0.2, -0.15) is 5.10 Å². The van der Waals surface area contributed by atoms with E-state index in [1.54, 1.807) is 20.4 Å². The monoisotopic (exact) mass is 412 g/mol. The number of hydrazone groups is 1. The molecular formula is C15H14Br2N2O2. The van der Waals surface area contributed by atoms with Crippen molar-refractivity contribution >= 4 is 43.8 Å². The van der Waals surface area contributed by atoms with Crippen LogP contribution in [0.15, 0.2) is 50.4 Å². The number of methoxy groups -OCH3 is 2. The van der Waals surface area contributed by atoms with Crippen molar-refractivity contribution in [3.05, 3.63) is 50.9 Å². The number of benzene rings is 2. The Morgan fingerprint density at radius 1 is 1.00 bits per heavy atom. The lowest BCUT2D eigenvalue weighted by atomic mass is 10.2. The van der Waals surface area contributed by atoms with Gasteiger partial charge in [-0.1, -0.05) is 15.9 Å². The Kier molecular flexibility index (Phi) is 5.64. The highest BCUT2D eigenvalue weighted by Crippen LogP contribution is 2.32. The molecule has 0 radical (unpaired) electrons. The average Bonchev–Trinajstić information content (AvgIpc) is 2.50. The molecule has 0 unspecified atom stereocenters. The molecule has 0 heterocycles. The fraction of sp³-hybridized carbons (Fsp3) is 0.133. The van der Waals surface area contributed by atoms with E-state index < -0.39 is 0 Å². The van der Waals surface area contributed by atoms with Gasteiger partial charge in [-0.05, 0) is 52.3 Å². The summed E-state index contributed by atoms with van der Waals surface area (Å²) in [5.74, 6) is 1.33. The Labute approximate surface area is 140 Å². The average molecular weight is 414 g/mol. The Balaban J connectivity index is 2.15. The molecular weight excluding hydrogens is 400 g/mol. The van der Waals surface area contributed by atoms with Gasteiger partial charge in [0.2, 0.25) is 0 Å². The molecule has 2 aromatic carbocycles. The maximum absolute atomic E-state index is 5.28. The summed E-state index contributed by atoms with van der Waals surface area (Å²) in [6.07, 6.45) is 1.72. The molecule has 1 N–H and O–H groups in total. The topological polar surface area (TPSA) is 42.8 Å². The molecule has 110 valence electrons. The minimum Gasteiger partial charge on any atom is -0.493 e. The summed E-state index contributed by atoms with van der Waals surface area (Å²) in [5, 5.41) is 4.22. The lowest BCUT2D eigenvalue weighted by molar-refractivity contribution is 0.354. The van der Waals surface area contributed by atoms with Gasteiger partial charge in [0.1, 0.15) is 0 Å². The Hall–Kier alpha value is -1.53. The Morgan fingerprint density at radius 2 is 1.62 bits per heavy atom. The molecule has 0 aromatic heterocycles. The number of hydrogen-bond donors (Lipinski definition) is 1. The van der Waals surface area contributed by atoms with Crippen molar-refractivity contribution in [3.63, 3.8) is 0 Å². The smallest absolute Gasteiger partial charge is 0.161 e. The van der Waals surface area contributed by atoms with Gasteiger partial charge in [0.25, 0.3) is 0 Å². The SMILES string of the molecule is COc1cc(Br)c(/C=N/Nc2ccc(Br)cc2)cc1OC. The fourth-order valence-electron chi connectivity index (χ4n) is 1.67. The normalized spacial score (nSPS) is 10.7. The van der Waals surface area contributed by atoms with E-state index >= 15 is 0 Å². The van der Waals surface area contributed by atoms with Crippen molar-refractivity contribution in [1.29, 1.82) is 0 Å². The number of nitrogens with zero attached hydrogens (tertiary/aromatic N) is 1. The standard InChI is InChI=1S/C15H14Br2N2O2/c1-20-14-7-10(13(17)8-15(14)21-2)9-18-19-12-5-3-11(16)4-6-12/h3-9,19H,1-2H3/b18-9+. The molecule has 0 aliphatic carbocycles. The molecule has 0 aliphatic rings. The highest BCUT2D eigenvalue weighted by molar-refractivity contribution is 9.10. The van der Waals surface area contributed by atoms with Gasteiger partial charge in [0.05, 0.1) is 26.1 Å². The second-order valence-corrected chi connectivity index (χ2v) is 5.88. The van der Waals surface area contributed by atoms with Crippen LogP contribution in [0.4, 0.5) is 5.69 Å². The number of anilines is 1. The third kappa shape index (κ3) is 4.22. The highest BCUT2D eigenvalue weighted by atomic mass is 79.9. The predicted octanol–water partition coefficient (Wildman–Crippen LogP) is 4.67. The summed E-state index contributed by atoms with van der Waals surface area (Å²) in [6, 6.07) is 11.5. The van der Waals surface area contributed by atoms with Gasteiger partial charge < -0.3 is 9.47 Å². The Morgan fingerprint density at radius 3 is 2.24 bits per heavy atom. The van der Waals surface area contributed by atoms with E-state index in [0.717, 1.165) is 20.2 Å². The van der Waals surface area contributed by atoms with Crippen LogP contribution in [-0.2, 0) is 0 Å². The molecule has 0 saturated carbocycles. The van der Waals surface area contributed by atoms with Crippen LogP contribution in [0, 0.1) is 0 Å². The van der Waals surface area contributed by atoms with Crippen LogP contribution in [0.2, 0.25) is 0 Å². The third-order valence-corrected chi connectivity index (χ3v) is 3.96. The summed E-state index contributed by atoms with van der Waals surface area (Å²) < 4.78 is 12.4. The van der Waals surface area contributed by atoms with E-state index in [4.69, 9.17) is 9.47 Å². The fourth-order valence-corrected chi connectivity index (χ4v) is 2.36. The molecule has 2 rings (SSSR count). The molecule has 4 nitrogen and oxygen atoms in total. The van der Waals surface area contributed by atoms with E-state index in [2.05, 4.69) is 42.4 Å². The van der Waals surface area contributed by atoms with Gasteiger partial charge in [-0.15, -0.1) is 0 Å². The number of halogens is 2. The largest absolute Gasteiger partial charge is 0.493 e. The van der Waals surface area contributed by atoms with Crippen LogP contribution in [0.3, 0.4) is 0 Å². The number of hydrogen-bond acceptors (Lipinski definition) is 4. The van der Waals surface area contributed by atoms with E-state index in [9.17, 15) is 0 Å². The maximum atomic E-state index is 5.28. The summed E-state index contributed by atoms with van der Waals surface area (Å²) in [6.45, 7) is 0. The van der Waals surface area contributed by atoms with Gasteiger partial charge >= 0.3 is 0 Å². The first-order valence-corrected chi connectivity index (χ1v) is 7.69. The minimum absolute atomic E-state index is 0.658. The first-order chi connectivity index (χ1) is 10.1. The molecule has 0 spiro atoms. The quantitative estimate of drug-likeness (QED) is 0.571. The number of nitrogens with one attached hydrogen (secondary N) is 1. The van der Waals surface area contributed by atoms with Crippen LogP contribution < -0.4 is 14.9 Å². The molecule has 0 atom stereocenters. The van der Waals surface area contributed by atoms with Crippen molar-refractivity contribution < 1.29 is 9.47 Å². The van der Waals surface area contributed by atoms with E-state index in [-0.39, 0.29) is 0 Å².